The van der Waals surface area contributed by atoms with Crippen LogP contribution < -0.4 is 0 Å². The van der Waals surface area contributed by atoms with Crippen LogP contribution in [0.1, 0.15) is 219 Å². The largest absolute Gasteiger partial charge is 0.472 e. The number of phosphoric ester groups is 1. The van der Waals surface area contributed by atoms with Crippen molar-refractivity contribution in [2.24, 2.45) is 0 Å². The molecule has 0 aliphatic carbocycles. The quantitative estimate of drug-likeness (QED) is 0.0211. The van der Waals surface area contributed by atoms with Crippen molar-refractivity contribution in [2.45, 2.75) is 225 Å². The molecule has 0 saturated heterocycles. The first-order chi connectivity index (χ1) is 43.0. The van der Waals surface area contributed by atoms with Crippen LogP contribution in [0.15, 0.2) is 207 Å². The van der Waals surface area contributed by atoms with Gasteiger partial charge in [-0.2, -0.15) is 0 Å². The molecule has 0 amide bonds. The summed E-state index contributed by atoms with van der Waals surface area (Å²) in [6, 6.07) is 0. The third kappa shape index (κ3) is 69.7. The van der Waals surface area contributed by atoms with Gasteiger partial charge in [-0.3, -0.25) is 18.6 Å². The van der Waals surface area contributed by atoms with Crippen LogP contribution >= 0.6 is 7.82 Å². The highest BCUT2D eigenvalue weighted by molar-refractivity contribution is 7.47. The highest BCUT2D eigenvalue weighted by Gasteiger charge is 2.27. The van der Waals surface area contributed by atoms with Crippen LogP contribution in [0.4, 0.5) is 0 Å². The van der Waals surface area contributed by atoms with Crippen molar-refractivity contribution in [1.82, 2.24) is 0 Å². The maximum atomic E-state index is 12.9. The molecule has 0 aromatic rings. The molecule has 2 unspecified atom stereocenters. The van der Waals surface area contributed by atoms with Crippen LogP contribution in [-0.2, 0) is 32.7 Å². The predicted octanol–water partition coefficient (Wildman–Crippen LogP) is 22.3. The smallest absolute Gasteiger partial charge is 0.462 e. The highest BCUT2D eigenvalue weighted by Crippen LogP contribution is 2.43. The Bertz CT molecular complexity index is 2240. The van der Waals surface area contributed by atoms with Gasteiger partial charge in [0.1, 0.15) is 19.8 Å². The number of allylic oxidation sites excluding steroid dienone is 34. The van der Waals surface area contributed by atoms with Gasteiger partial charge in [0.05, 0.1) is 27.7 Å². The molecule has 88 heavy (non-hydrogen) atoms. The van der Waals surface area contributed by atoms with Gasteiger partial charge in [-0.05, 0) is 148 Å². The van der Waals surface area contributed by atoms with Gasteiger partial charge >= 0.3 is 19.8 Å². The summed E-state index contributed by atoms with van der Waals surface area (Å²) in [5.74, 6) is -0.858. The molecule has 2 atom stereocenters. The second-order valence-electron chi connectivity index (χ2n) is 22.7. The Kier molecular flexibility index (Phi) is 62.0. The monoisotopic (exact) mass is 1230 g/mol. The van der Waals surface area contributed by atoms with E-state index >= 15 is 0 Å². The van der Waals surface area contributed by atoms with Gasteiger partial charge in [0.25, 0.3) is 0 Å². The van der Waals surface area contributed by atoms with E-state index in [9.17, 15) is 19.0 Å². The second kappa shape index (κ2) is 66.0. The van der Waals surface area contributed by atoms with Crippen molar-refractivity contribution in [2.75, 3.05) is 47.5 Å². The molecule has 0 aliphatic heterocycles. The van der Waals surface area contributed by atoms with E-state index in [1.807, 2.05) is 21.1 Å². The molecule has 0 aromatic carbocycles. The zero-order valence-corrected chi connectivity index (χ0v) is 56.8. The number of hydrogen-bond donors (Lipinski definition) is 1. The van der Waals surface area contributed by atoms with Crippen LogP contribution in [0.25, 0.3) is 0 Å². The van der Waals surface area contributed by atoms with Gasteiger partial charge in [-0.15, -0.1) is 0 Å². The molecule has 1 N–H and O–H groups in total. The second-order valence-corrected chi connectivity index (χ2v) is 24.2. The Morgan fingerprint density at radius 2 is 0.614 bits per heavy atom. The van der Waals surface area contributed by atoms with E-state index in [2.05, 4.69) is 220 Å². The predicted molar refractivity (Wildman–Crippen MR) is 380 cm³/mol. The molecule has 10 heteroatoms. The fourth-order valence-electron chi connectivity index (χ4n) is 8.20. The lowest BCUT2D eigenvalue weighted by molar-refractivity contribution is -0.870. The maximum Gasteiger partial charge on any atom is 0.472 e. The minimum absolute atomic E-state index is 0.0117. The number of unbranched alkanes of at least 4 members (excludes halogenated alkanes) is 11. The summed E-state index contributed by atoms with van der Waals surface area (Å²) in [5.41, 5.74) is 0. The number of likely N-dealkylation sites (N-methyl/N-ethyl adjacent to an activating group) is 1. The normalized spacial score (nSPS) is 14.5. The fraction of sp³-hybridized carbons (Fsp3) is 0.538. The fourth-order valence-corrected chi connectivity index (χ4v) is 8.94. The summed E-state index contributed by atoms with van der Waals surface area (Å²) in [7, 11) is 1.42. The first kappa shape index (κ1) is 82.6. The van der Waals surface area contributed by atoms with Gasteiger partial charge in [0, 0.05) is 12.8 Å². The third-order valence-corrected chi connectivity index (χ3v) is 14.3. The molecule has 0 radical (unpaired) electrons. The minimum atomic E-state index is -4.42. The summed E-state index contributed by atoms with van der Waals surface area (Å²) >= 11 is 0. The third-order valence-electron chi connectivity index (χ3n) is 13.3. The van der Waals surface area contributed by atoms with Crippen LogP contribution in [0.5, 0.6) is 0 Å². The van der Waals surface area contributed by atoms with E-state index in [1.165, 1.54) is 19.3 Å². The Balaban J connectivity index is 4.26. The molecule has 0 bridgehead atoms. The molecule has 0 fully saturated rings. The van der Waals surface area contributed by atoms with E-state index in [1.54, 1.807) is 0 Å². The minimum Gasteiger partial charge on any atom is -0.462 e. The van der Waals surface area contributed by atoms with Crippen LogP contribution in [0, 0.1) is 0 Å². The topological polar surface area (TPSA) is 108 Å². The van der Waals surface area contributed by atoms with Crippen LogP contribution in [0.3, 0.4) is 0 Å². The summed E-state index contributed by atoms with van der Waals surface area (Å²) < 4.78 is 34.6. The molecule has 9 nitrogen and oxygen atoms in total. The van der Waals surface area contributed by atoms with E-state index in [4.69, 9.17) is 18.5 Å². The number of esters is 2. The van der Waals surface area contributed by atoms with Gasteiger partial charge in [0.15, 0.2) is 6.10 Å². The van der Waals surface area contributed by atoms with Gasteiger partial charge < -0.3 is 18.9 Å². The standard InChI is InChI=1S/C78H122NO8P/c1-6-8-10-12-14-16-18-20-22-24-26-28-30-32-34-36-37-38-39-40-41-43-45-47-49-51-53-55-57-59-61-63-65-67-69-71-78(81)87-76(75-86-88(82,83)85-73-72-79(3,4)5)74-84-77(80)70-68-66-64-62-60-58-56-54-52-50-48-46-44-42-35-33-31-29-27-25-23-21-19-17-15-13-11-9-7-2/h8-11,14-17,20-23,26-29,32-35,37-38,40-41,44-47,50-53,57,59,76H,6-7,12-13,18-19,24-25,30-31,36,39,42-43,48-49,54-56,58,60-75H2,1-5H3/p+1/b10-8-,11-9-,16-14-,17-15-,22-20-,23-21-,28-26-,29-27-,34-32-,35-33-,38-37-,41-40-,46-44-,47-45-,52-50-,53-51-,59-57-. The van der Waals surface area contributed by atoms with Crippen molar-refractivity contribution in [3.63, 3.8) is 0 Å². The van der Waals surface area contributed by atoms with E-state index in [0.717, 1.165) is 161 Å². The first-order valence-corrected chi connectivity index (χ1v) is 35.3. The lowest BCUT2D eigenvalue weighted by atomic mass is 10.1. The van der Waals surface area contributed by atoms with Gasteiger partial charge in [-0.1, -0.05) is 265 Å². The van der Waals surface area contributed by atoms with Gasteiger partial charge in [0.2, 0.25) is 0 Å². The van der Waals surface area contributed by atoms with Crippen molar-refractivity contribution in [1.29, 1.82) is 0 Å². The van der Waals surface area contributed by atoms with Gasteiger partial charge in [-0.25, -0.2) is 4.57 Å². The highest BCUT2D eigenvalue weighted by atomic mass is 31.2. The number of hydrogen-bond acceptors (Lipinski definition) is 7. The molecular weight excluding hydrogens is 1110 g/mol. The number of phosphoric acid groups is 1. The molecule has 0 heterocycles. The summed E-state index contributed by atoms with van der Waals surface area (Å²) in [5, 5.41) is 0. The van der Waals surface area contributed by atoms with E-state index in [-0.39, 0.29) is 26.1 Å². The number of quaternary nitrogens is 1. The van der Waals surface area contributed by atoms with Crippen molar-refractivity contribution < 1.29 is 42.1 Å². The average molecular weight is 1230 g/mol. The number of rotatable bonds is 59. The van der Waals surface area contributed by atoms with Crippen LogP contribution in [-0.4, -0.2) is 74.9 Å². The average Bonchev–Trinajstić information content (AvgIpc) is 3.57. The summed E-state index contributed by atoms with van der Waals surface area (Å²) in [4.78, 5) is 35.8. The van der Waals surface area contributed by atoms with Crippen LogP contribution in [0.2, 0.25) is 0 Å². The molecular formula is C78H123NO8P+. The lowest BCUT2D eigenvalue weighted by Gasteiger charge is -2.24. The number of carbonyl (C=O) groups is 2. The molecule has 0 spiro atoms. The Morgan fingerprint density at radius 1 is 0.352 bits per heavy atom. The molecule has 0 aromatic heterocycles. The maximum absolute atomic E-state index is 12.9. The number of ether oxygens (including phenoxy) is 2. The molecule has 0 aliphatic rings. The number of nitrogens with zero attached hydrogens (tertiary/aromatic N) is 1. The number of carbonyl (C=O) groups excluding carboxylic acids is 2. The summed E-state index contributed by atoms with van der Waals surface area (Å²) in [6.45, 7) is 4.13. The zero-order valence-electron chi connectivity index (χ0n) is 55.9. The Labute approximate surface area is 538 Å². The Morgan fingerprint density at radius 3 is 0.909 bits per heavy atom. The van der Waals surface area contributed by atoms with E-state index < -0.39 is 32.5 Å². The van der Waals surface area contributed by atoms with Crippen molar-refractivity contribution >= 4 is 19.8 Å². The zero-order chi connectivity index (χ0) is 64.1. The van der Waals surface area contributed by atoms with E-state index in [0.29, 0.717) is 23.9 Å². The van der Waals surface area contributed by atoms with Crippen molar-refractivity contribution in [3.8, 4) is 0 Å². The van der Waals surface area contributed by atoms with Crippen molar-refractivity contribution in [3.05, 3.63) is 207 Å². The SMILES string of the molecule is CC/C=C\C/C=C\C/C=C\C/C=C\C/C=C\C/C=C\C/C=C\C/C=C\C/C=C\C/C=C\CCCCCCC(=O)OC(COC(=O)CCCCCCCCC/C=C\C/C=C\C/C=C\C/C=C\C/C=C\C/C=C\C/C=C\CC)COP(=O)(O)OCC[N+](C)(C)C. The molecule has 0 saturated carbocycles. The lowest BCUT2D eigenvalue weighted by Crippen LogP contribution is -2.37. The Hall–Kier alpha value is -5.41. The summed E-state index contributed by atoms with van der Waals surface area (Å²) in [6.07, 6.45) is 105. The molecule has 0 rings (SSSR count). The molecule has 492 valence electrons. The first-order valence-electron chi connectivity index (χ1n) is 33.8.